The van der Waals surface area contributed by atoms with Gasteiger partial charge in [-0.2, -0.15) is 0 Å². The third kappa shape index (κ3) is 4.52. The second-order valence-electron chi connectivity index (χ2n) is 6.62. The maximum absolute atomic E-state index is 10.1. The van der Waals surface area contributed by atoms with Crippen molar-refractivity contribution in [2.75, 3.05) is 0 Å². The van der Waals surface area contributed by atoms with Crippen LogP contribution in [0.15, 0.2) is 66.7 Å². The minimum absolute atomic E-state index is 0.442. The molecule has 0 heterocycles. The van der Waals surface area contributed by atoms with E-state index in [0.717, 1.165) is 27.7 Å². The predicted octanol–water partition coefficient (Wildman–Crippen LogP) is 4.57. The van der Waals surface area contributed by atoms with E-state index in [1.807, 2.05) is 43.3 Å². The quantitative estimate of drug-likeness (QED) is 0.650. The molecule has 134 valence electrons. The lowest BCUT2D eigenvalue weighted by Gasteiger charge is -2.18. The molecule has 2 unspecified atom stereocenters. The standard InChI is InChI=1S/C23H25O2P/c1-16-13-17(2)23(25-15-19-9-5-4-6-10-19)22(14-16)26-21-12-8-7-11-20(21)18(3)24/h4-14,18,24,26H,15H2,1-3H3. The van der Waals surface area contributed by atoms with Crippen molar-refractivity contribution in [2.24, 2.45) is 0 Å². The van der Waals surface area contributed by atoms with Crippen LogP contribution >= 0.6 is 8.58 Å². The molecule has 0 saturated carbocycles. The lowest BCUT2D eigenvalue weighted by Crippen LogP contribution is -2.14. The molecular weight excluding hydrogens is 339 g/mol. The molecule has 0 aromatic heterocycles. The Bertz CT molecular complexity index is 873. The van der Waals surface area contributed by atoms with E-state index in [1.165, 1.54) is 10.9 Å². The van der Waals surface area contributed by atoms with Gasteiger partial charge in [0.2, 0.25) is 0 Å². The number of hydrogen-bond acceptors (Lipinski definition) is 2. The second-order valence-corrected chi connectivity index (χ2v) is 7.95. The number of rotatable bonds is 6. The largest absolute Gasteiger partial charge is 0.488 e. The van der Waals surface area contributed by atoms with Crippen LogP contribution in [0.25, 0.3) is 0 Å². The Hall–Kier alpha value is -2.15. The van der Waals surface area contributed by atoms with Crippen molar-refractivity contribution in [3.8, 4) is 5.75 Å². The van der Waals surface area contributed by atoms with Gasteiger partial charge in [0.25, 0.3) is 0 Å². The average Bonchev–Trinajstić information content (AvgIpc) is 2.62. The average molecular weight is 364 g/mol. The van der Waals surface area contributed by atoms with Gasteiger partial charge in [0.05, 0.1) is 6.10 Å². The summed E-state index contributed by atoms with van der Waals surface area (Å²) in [6, 6.07) is 22.7. The topological polar surface area (TPSA) is 29.5 Å². The first-order valence-corrected chi connectivity index (χ1v) is 9.86. The Balaban J connectivity index is 1.91. The normalized spacial score (nSPS) is 12.5. The lowest BCUT2D eigenvalue weighted by atomic mass is 10.1. The van der Waals surface area contributed by atoms with Gasteiger partial charge < -0.3 is 9.84 Å². The molecular formula is C23H25O2P. The number of hydrogen-bond donors (Lipinski definition) is 1. The molecule has 0 aliphatic carbocycles. The van der Waals surface area contributed by atoms with Crippen molar-refractivity contribution < 1.29 is 9.84 Å². The number of aliphatic hydroxyl groups excluding tert-OH is 1. The molecule has 0 bridgehead atoms. The molecule has 2 atom stereocenters. The van der Waals surface area contributed by atoms with Gasteiger partial charge in [-0.15, -0.1) is 0 Å². The van der Waals surface area contributed by atoms with Gasteiger partial charge in [0, 0.05) is 5.30 Å². The number of aryl methyl sites for hydroxylation is 2. The zero-order valence-corrected chi connectivity index (χ0v) is 16.5. The Labute approximate surface area is 157 Å². The van der Waals surface area contributed by atoms with E-state index in [4.69, 9.17) is 4.74 Å². The molecule has 0 radical (unpaired) electrons. The third-order valence-electron chi connectivity index (χ3n) is 4.33. The zero-order valence-electron chi connectivity index (χ0n) is 15.5. The van der Waals surface area contributed by atoms with Crippen LogP contribution in [0.5, 0.6) is 5.75 Å². The Morgan fingerprint density at radius 1 is 0.923 bits per heavy atom. The van der Waals surface area contributed by atoms with Crippen molar-refractivity contribution in [1.29, 1.82) is 0 Å². The minimum atomic E-state index is -0.474. The van der Waals surface area contributed by atoms with Crippen LogP contribution in [0.2, 0.25) is 0 Å². The number of ether oxygens (including phenoxy) is 1. The van der Waals surface area contributed by atoms with Gasteiger partial charge in [0.15, 0.2) is 0 Å². The summed E-state index contributed by atoms with van der Waals surface area (Å²) in [5.41, 5.74) is 4.52. The fourth-order valence-electron chi connectivity index (χ4n) is 3.09. The highest BCUT2D eigenvalue weighted by Crippen LogP contribution is 2.27. The Morgan fingerprint density at radius 3 is 2.35 bits per heavy atom. The summed E-state index contributed by atoms with van der Waals surface area (Å²) in [6.45, 7) is 6.59. The van der Waals surface area contributed by atoms with E-state index in [-0.39, 0.29) is 0 Å². The van der Waals surface area contributed by atoms with Gasteiger partial charge >= 0.3 is 0 Å². The maximum Gasteiger partial charge on any atom is 0.130 e. The Kier molecular flexibility index (Phi) is 6.08. The first-order valence-electron chi connectivity index (χ1n) is 8.86. The van der Waals surface area contributed by atoms with Crippen LogP contribution in [0, 0.1) is 13.8 Å². The first-order chi connectivity index (χ1) is 12.5. The van der Waals surface area contributed by atoms with Crippen molar-refractivity contribution in [3.05, 3.63) is 89.0 Å². The van der Waals surface area contributed by atoms with E-state index in [0.29, 0.717) is 15.2 Å². The molecule has 3 aromatic carbocycles. The summed E-state index contributed by atoms with van der Waals surface area (Å²) >= 11 is 0. The summed E-state index contributed by atoms with van der Waals surface area (Å²) in [4.78, 5) is 0. The molecule has 0 amide bonds. The molecule has 0 fully saturated rings. The fourth-order valence-corrected chi connectivity index (χ4v) is 4.68. The molecule has 3 heteroatoms. The highest BCUT2D eigenvalue weighted by Gasteiger charge is 2.13. The van der Waals surface area contributed by atoms with Gasteiger partial charge in [-0.05, 0) is 54.4 Å². The van der Waals surface area contributed by atoms with Crippen molar-refractivity contribution >= 4 is 19.2 Å². The second kappa shape index (κ2) is 8.49. The van der Waals surface area contributed by atoms with E-state index < -0.39 is 6.10 Å². The molecule has 0 spiro atoms. The first kappa shape index (κ1) is 18.6. The maximum atomic E-state index is 10.1. The number of benzene rings is 3. The molecule has 3 rings (SSSR count). The molecule has 26 heavy (non-hydrogen) atoms. The van der Waals surface area contributed by atoms with Crippen LogP contribution in [0.3, 0.4) is 0 Å². The van der Waals surface area contributed by atoms with E-state index >= 15 is 0 Å². The van der Waals surface area contributed by atoms with E-state index in [2.05, 4.69) is 44.2 Å². The number of aliphatic hydroxyl groups is 1. The van der Waals surface area contributed by atoms with Gasteiger partial charge in [-0.1, -0.05) is 69.2 Å². The molecule has 1 N–H and O–H groups in total. The van der Waals surface area contributed by atoms with Crippen molar-refractivity contribution in [2.45, 2.75) is 33.5 Å². The van der Waals surface area contributed by atoms with Crippen LogP contribution in [-0.4, -0.2) is 5.11 Å². The summed E-state index contributed by atoms with van der Waals surface area (Å²) < 4.78 is 6.23. The van der Waals surface area contributed by atoms with E-state index in [1.54, 1.807) is 0 Å². The summed E-state index contributed by atoms with van der Waals surface area (Å²) in [5.74, 6) is 0.957. The summed E-state index contributed by atoms with van der Waals surface area (Å²) in [6.07, 6.45) is -0.474. The van der Waals surface area contributed by atoms with Crippen LogP contribution in [-0.2, 0) is 6.61 Å². The highest BCUT2D eigenvalue weighted by molar-refractivity contribution is 7.55. The van der Waals surface area contributed by atoms with Crippen molar-refractivity contribution in [3.63, 3.8) is 0 Å². The molecule has 2 nitrogen and oxygen atoms in total. The monoisotopic (exact) mass is 364 g/mol. The van der Waals surface area contributed by atoms with Gasteiger partial charge in [-0.25, -0.2) is 0 Å². The zero-order chi connectivity index (χ0) is 18.5. The molecule has 0 aliphatic rings. The highest BCUT2D eigenvalue weighted by atomic mass is 31.1. The van der Waals surface area contributed by atoms with E-state index in [9.17, 15) is 5.11 Å². The van der Waals surface area contributed by atoms with Crippen molar-refractivity contribution in [1.82, 2.24) is 0 Å². The van der Waals surface area contributed by atoms with Gasteiger partial charge in [-0.3, -0.25) is 0 Å². The lowest BCUT2D eigenvalue weighted by molar-refractivity contribution is 0.200. The summed E-state index contributed by atoms with van der Waals surface area (Å²) in [7, 11) is 0.442. The SMILES string of the molecule is Cc1cc(C)c(OCc2ccccc2)c(Pc2ccccc2C(C)O)c1. The molecule has 0 aliphatic heterocycles. The summed E-state index contributed by atoms with van der Waals surface area (Å²) in [5, 5.41) is 12.4. The van der Waals surface area contributed by atoms with Crippen LogP contribution in [0.1, 0.15) is 35.3 Å². The molecule has 3 aromatic rings. The van der Waals surface area contributed by atoms with Crippen LogP contribution < -0.4 is 15.3 Å². The smallest absolute Gasteiger partial charge is 0.130 e. The predicted molar refractivity (Wildman–Crippen MR) is 111 cm³/mol. The Morgan fingerprint density at radius 2 is 1.62 bits per heavy atom. The van der Waals surface area contributed by atoms with Gasteiger partial charge in [0.1, 0.15) is 12.4 Å². The minimum Gasteiger partial charge on any atom is -0.488 e. The van der Waals surface area contributed by atoms with Crippen LogP contribution in [0.4, 0.5) is 0 Å². The fraction of sp³-hybridized carbons (Fsp3) is 0.217. The third-order valence-corrected chi connectivity index (χ3v) is 5.69. The molecule has 0 saturated heterocycles.